The van der Waals surface area contributed by atoms with E-state index in [-0.39, 0.29) is 5.41 Å². The Kier molecular flexibility index (Phi) is 9.22. The highest BCUT2D eigenvalue weighted by Crippen LogP contribution is 2.65. The highest BCUT2D eigenvalue weighted by atomic mass is 15.1. The maximum Gasteiger partial charge on any atom is 0.0731 e. The third-order valence-corrected chi connectivity index (χ3v) is 15.9. The van der Waals surface area contributed by atoms with Crippen molar-refractivity contribution in [2.75, 3.05) is 4.90 Å². The van der Waals surface area contributed by atoms with Crippen LogP contribution in [0.4, 0.5) is 17.1 Å². The standard InChI is InChI=1S/C70H49N/c1-69(2)61-30-13-9-24-56(61)58-44-43-52(45-65(58)69)71(51-41-39-47(40-42-51)46-19-5-3-6-20-46)66-34-16-12-23-53(66)49-35-37-50(38-36-49)55-28-17-29-59-57-25-10-14-31-62(57)70(68(55)59)63-32-15-11-26-60(63)67-54(27-18-33-64(67)70)48-21-7-4-8-22-48/h3-45H,1-2H3. The predicted molar refractivity (Wildman–Crippen MR) is 297 cm³/mol. The van der Waals surface area contributed by atoms with Gasteiger partial charge in [0.1, 0.15) is 0 Å². The van der Waals surface area contributed by atoms with Crippen LogP contribution >= 0.6 is 0 Å². The summed E-state index contributed by atoms with van der Waals surface area (Å²) in [5.41, 5.74) is 28.5. The van der Waals surface area contributed by atoms with E-state index >= 15 is 0 Å². The fourth-order valence-corrected chi connectivity index (χ4v) is 12.8. The van der Waals surface area contributed by atoms with E-state index in [1.165, 1.54) is 111 Å². The van der Waals surface area contributed by atoms with Gasteiger partial charge in [-0.3, -0.25) is 0 Å². The van der Waals surface area contributed by atoms with Crippen molar-refractivity contribution in [1.82, 2.24) is 0 Å². The van der Waals surface area contributed by atoms with Crippen LogP contribution in [0.2, 0.25) is 0 Å². The molecular formula is C70H49N. The minimum Gasteiger partial charge on any atom is -0.310 e. The largest absolute Gasteiger partial charge is 0.310 e. The van der Waals surface area contributed by atoms with E-state index in [2.05, 4.69) is 280 Å². The van der Waals surface area contributed by atoms with Crippen molar-refractivity contribution < 1.29 is 0 Å². The van der Waals surface area contributed by atoms with E-state index in [1.54, 1.807) is 0 Å². The van der Waals surface area contributed by atoms with Crippen molar-refractivity contribution in [2.24, 2.45) is 0 Å². The molecule has 0 N–H and O–H groups in total. The zero-order valence-electron chi connectivity index (χ0n) is 39.8. The van der Waals surface area contributed by atoms with Gasteiger partial charge in [0.25, 0.3) is 0 Å². The van der Waals surface area contributed by atoms with Crippen LogP contribution < -0.4 is 4.90 Å². The van der Waals surface area contributed by atoms with Crippen LogP contribution in [0.3, 0.4) is 0 Å². The average molecular weight is 904 g/mol. The van der Waals surface area contributed by atoms with Gasteiger partial charge in [-0.2, -0.15) is 0 Å². The van der Waals surface area contributed by atoms with Crippen LogP contribution in [-0.2, 0) is 10.8 Å². The zero-order valence-corrected chi connectivity index (χ0v) is 39.8. The normalized spacial score (nSPS) is 15.1. The summed E-state index contributed by atoms with van der Waals surface area (Å²) in [4.78, 5) is 2.46. The number of benzene rings is 11. The second-order valence-corrected chi connectivity index (χ2v) is 19.9. The SMILES string of the molecule is CC1(C)c2ccccc2-c2ccc(N(c3ccc(-c4ccccc4)cc3)c3ccccc3-c3ccc(-c4cccc5c4C4(c6ccccc6-5)c5ccccc5-c5c(-c6ccccc6)cccc54)cc3)cc21. The molecule has 1 nitrogen and oxygen atoms in total. The fourth-order valence-electron chi connectivity index (χ4n) is 12.8. The molecule has 1 spiro atoms. The Hall–Kier alpha value is -8.78. The minimum atomic E-state index is -0.493. The second kappa shape index (κ2) is 15.9. The smallest absolute Gasteiger partial charge is 0.0731 e. The third-order valence-electron chi connectivity index (χ3n) is 15.9. The topological polar surface area (TPSA) is 3.24 Å². The summed E-state index contributed by atoms with van der Waals surface area (Å²) in [5, 5.41) is 0. The summed E-state index contributed by atoms with van der Waals surface area (Å²) < 4.78 is 0. The first-order valence-corrected chi connectivity index (χ1v) is 24.9. The van der Waals surface area contributed by atoms with E-state index in [1.807, 2.05) is 0 Å². The first kappa shape index (κ1) is 41.2. The number of anilines is 3. The number of hydrogen-bond donors (Lipinski definition) is 0. The first-order chi connectivity index (χ1) is 35.0. The molecule has 0 aliphatic heterocycles. The first-order valence-electron chi connectivity index (χ1n) is 24.9. The molecule has 0 aromatic heterocycles. The van der Waals surface area contributed by atoms with E-state index in [0.717, 1.165) is 17.1 Å². The second-order valence-electron chi connectivity index (χ2n) is 19.9. The summed E-state index contributed by atoms with van der Waals surface area (Å²) >= 11 is 0. The Balaban J connectivity index is 0.919. The summed E-state index contributed by atoms with van der Waals surface area (Å²) in [5.74, 6) is 0. The molecule has 0 heterocycles. The zero-order chi connectivity index (χ0) is 47.3. The lowest BCUT2D eigenvalue weighted by atomic mass is 9.68. The minimum absolute atomic E-state index is 0.134. The molecule has 11 aromatic rings. The summed E-state index contributed by atoms with van der Waals surface area (Å²) in [6.45, 7) is 4.73. The molecule has 0 bridgehead atoms. The number of hydrogen-bond acceptors (Lipinski definition) is 1. The van der Waals surface area contributed by atoms with Gasteiger partial charge in [0.2, 0.25) is 0 Å². The molecule has 3 aliphatic carbocycles. The van der Waals surface area contributed by atoms with Crippen molar-refractivity contribution in [1.29, 1.82) is 0 Å². The van der Waals surface area contributed by atoms with E-state index < -0.39 is 5.41 Å². The number of para-hydroxylation sites is 1. The molecule has 1 unspecified atom stereocenters. The van der Waals surface area contributed by atoms with E-state index in [0.29, 0.717) is 0 Å². The average Bonchev–Trinajstić information content (AvgIpc) is 4.00. The van der Waals surface area contributed by atoms with Gasteiger partial charge in [-0.1, -0.05) is 244 Å². The van der Waals surface area contributed by atoms with Gasteiger partial charge >= 0.3 is 0 Å². The molecular weight excluding hydrogens is 855 g/mol. The third kappa shape index (κ3) is 6.06. The van der Waals surface area contributed by atoms with Crippen LogP contribution in [0, 0.1) is 0 Å². The summed E-state index contributed by atoms with van der Waals surface area (Å²) in [7, 11) is 0. The highest BCUT2D eigenvalue weighted by Gasteiger charge is 2.53. The molecule has 334 valence electrons. The molecule has 11 aromatic carbocycles. The van der Waals surface area contributed by atoms with Crippen LogP contribution in [-0.4, -0.2) is 0 Å². The van der Waals surface area contributed by atoms with Crippen LogP contribution in [0.15, 0.2) is 261 Å². The maximum absolute atomic E-state index is 2.46. The monoisotopic (exact) mass is 903 g/mol. The molecule has 14 rings (SSSR count). The summed E-state index contributed by atoms with van der Waals surface area (Å²) in [6, 6.07) is 97.2. The van der Waals surface area contributed by atoms with Crippen LogP contribution in [0.1, 0.15) is 47.2 Å². The highest BCUT2D eigenvalue weighted by molar-refractivity contribution is 6.02. The van der Waals surface area contributed by atoms with Crippen molar-refractivity contribution in [3.63, 3.8) is 0 Å². The summed E-state index contributed by atoms with van der Waals surface area (Å²) in [6.07, 6.45) is 0. The molecule has 3 aliphatic rings. The lowest BCUT2D eigenvalue weighted by Crippen LogP contribution is -2.26. The Morgan fingerprint density at radius 2 is 0.704 bits per heavy atom. The molecule has 0 fully saturated rings. The van der Waals surface area contributed by atoms with Gasteiger partial charge in [-0.05, 0) is 136 Å². The molecule has 0 amide bonds. The van der Waals surface area contributed by atoms with Gasteiger partial charge in [-0.25, -0.2) is 0 Å². The van der Waals surface area contributed by atoms with Crippen LogP contribution in [0.25, 0.3) is 77.9 Å². The molecule has 0 saturated carbocycles. The quantitative estimate of drug-likeness (QED) is 0.154. The molecule has 0 saturated heterocycles. The van der Waals surface area contributed by atoms with Gasteiger partial charge in [0.15, 0.2) is 0 Å². The lowest BCUT2D eigenvalue weighted by molar-refractivity contribution is 0.660. The predicted octanol–water partition coefficient (Wildman–Crippen LogP) is 18.5. The maximum atomic E-state index is 2.46. The van der Waals surface area contributed by atoms with Crippen molar-refractivity contribution in [2.45, 2.75) is 24.7 Å². The van der Waals surface area contributed by atoms with Crippen molar-refractivity contribution >= 4 is 17.1 Å². The Bertz CT molecular complexity index is 3880. The Morgan fingerprint density at radius 1 is 0.268 bits per heavy atom. The van der Waals surface area contributed by atoms with E-state index in [4.69, 9.17) is 0 Å². The van der Waals surface area contributed by atoms with Crippen molar-refractivity contribution in [3.8, 4) is 77.9 Å². The fraction of sp³-hybridized carbons (Fsp3) is 0.0571. The number of nitrogens with zero attached hydrogens (tertiary/aromatic N) is 1. The van der Waals surface area contributed by atoms with Gasteiger partial charge in [0.05, 0.1) is 11.1 Å². The van der Waals surface area contributed by atoms with Gasteiger partial charge < -0.3 is 4.90 Å². The lowest BCUT2D eigenvalue weighted by Gasteiger charge is -2.32. The number of rotatable bonds is 7. The number of fused-ring (bicyclic) bond motifs is 13. The molecule has 1 atom stereocenters. The Morgan fingerprint density at radius 3 is 1.42 bits per heavy atom. The van der Waals surface area contributed by atoms with Gasteiger partial charge in [0, 0.05) is 22.4 Å². The van der Waals surface area contributed by atoms with Crippen molar-refractivity contribution in [3.05, 3.63) is 294 Å². The van der Waals surface area contributed by atoms with Gasteiger partial charge in [-0.15, -0.1) is 0 Å². The van der Waals surface area contributed by atoms with E-state index in [9.17, 15) is 0 Å². The van der Waals surface area contributed by atoms with Crippen LogP contribution in [0.5, 0.6) is 0 Å². The molecule has 71 heavy (non-hydrogen) atoms. The molecule has 0 radical (unpaired) electrons. The Labute approximate surface area is 416 Å². The molecule has 1 heteroatoms.